The van der Waals surface area contributed by atoms with Gasteiger partial charge in [-0.1, -0.05) is 30.3 Å². The zero-order valence-corrected chi connectivity index (χ0v) is 12.8. The first-order valence-electron chi connectivity index (χ1n) is 7.51. The van der Waals surface area contributed by atoms with Crippen LogP contribution in [-0.2, 0) is 4.79 Å². The Balaban J connectivity index is 2.12. The fraction of sp³-hybridized carbons (Fsp3) is 0.562. The van der Waals surface area contributed by atoms with Crippen LogP contribution in [0.2, 0.25) is 0 Å². The molecule has 1 aliphatic rings. The van der Waals surface area contributed by atoms with Crippen molar-refractivity contribution in [1.29, 1.82) is 0 Å². The Hall–Kier alpha value is -1.43. The van der Waals surface area contributed by atoms with Gasteiger partial charge in [0, 0.05) is 32.7 Å². The molecule has 5 heteroatoms. The second-order valence-corrected chi connectivity index (χ2v) is 5.75. The number of nitrogens with one attached hydrogen (secondary N) is 1. The summed E-state index contributed by atoms with van der Waals surface area (Å²) in [6, 6.07) is 9.58. The third kappa shape index (κ3) is 4.52. The molecule has 116 valence electrons. The maximum atomic E-state index is 12.6. The molecule has 2 atom stereocenters. The summed E-state index contributed by atoms with van der Waals surface area (Å²) >= 11 is 0. The number of likely N-dealkylation sites (N-methyl/N-ethyl adjacent to an activating group) is 1. The van der Waals surface area contributed by atoms with Crippen molar-refractivity contribution < 1.29 is 9.90 Å². The maximum absolute atomic E-state index is 12.6. The van der Waals surface area contributed by atoms with Crippen LogP contribution < -0.4 is 5.32 Å². The monoisotopic (exact) mass is 291 g/mol. The van der Waals surface area contributed by atoms with Gasteiger partial charge in [-0.25, -0.2) is 0 Å². The zero-order valence-electron chi connectivity index (χ0n) is 12.8. The van der Waals surface area contributed by atoms with Crippen molar-refractivity contribution in [2.45, 2.75) is 19.1 Å². The molecule has 1 heterocycles. The zero-order chi connectivity index (χ0) is 15.2. The summed E-state index contributed by atoms with van der Waals surface area (Å²) in [6.07, 6.45) is -0.530. The first-order chi connectivity index (χ1) is 10.1. The number of aliphatic hydroxyl groups is 1. The average Bonchev–Trinajstić information content (AvgIpc) is 2.48. The summed E-state index contributed by atoms with van der Waals surface area (Å²) in [4.78, 5) is 17.0. The molecule has 1 fully saturated rings. The lowest BCUT2D eigenvalue weighted by molar-refractivity contribution is -0.127. The largest absolute Gasteiger partial charge is 0.392 e. The summed E-state index contributed by atoms with van der Waals surface area (Å²) in [5.41, 5.74) is 1.00. The predicted octanol–water partition coefficient (Wildman–Crippen LogP) is 0.472. The van der Waals surface area contributed by atoms with E-state index in [1.807, 2.05) is 30.3 Å². The van der Waals surface area contributed by atoms with E-state index in [0.29, 0.717) is 0 Å². The van der Waals surface area contributed by atoms with E-state index >= 15 is 0 Å². The molecule has 0 aliphatic carbocycles. The predicted molar refractivity (Wildman–Crippen MR) is 82.9 cm³/mol. The summed E-state index contributed by atoms with van der Waals surface area (Å²) in [6.45, 7) is 5.64. The first-order valence-corrected chi connectivity index (χ1v) is 7.51. The van der Waals surface area contributed by atoms with Gasteiger partial charge in [0.25, 0.3) is 0 Å². The molecule has 21 heavy (non-hydrogen) atoms. The molecule has 0 spiro atoms. The second kappa shape index (κ2) is 7.54. The van der Waals surface area contributed by atoms with E-state index < -0.39 is 6.10 Å². The molecule has 1 aromatic carbocycles. The highest BCUT2D eigenvalue weighted by Crippen LogP contribution is 2.22. The summed E-state index contributed by atoms with van der Waals surface area (Å²) in [5, 5.41) is 12.2. The Morgan fingerprint density at radius 2 is 1.86 bits per heavy atom. The molecule has 5 nitrogen and oxygen atoms in total. The minimum atomic E-state index is -0.530. The Labute approximate surface area is 126 Å². The van der Waals surface area contributed by atoms with E-state index in [2.05, 4.69) is 22.2 Å². The van der Waals surface area contributed by atoms with Crippen molar-refractivity contribution in [3.8, 4) is 0 Å². The lowest BCUT2D eigenvalue weighted by atomic mass is 10.0. The fourth-order valence-corrected chi connectivity index (χ4v) is 2.59. The topological polar surface area (TPSA) is 55.8 Å². The maximum Gasteiger partial charge on any atom is 0.242 e. The van der Waals surface area contributed by atoms with Gasteiger partial charge >= 0.3 is 0 Å². The summed E-state index contributed by atoms with van der Waals surface area (Å²) in [7, 11) is 2.10. The van der Waals surface area contributed by atoms with Crippen molar-refractivity contribution in [3.63, 3.8) is 0 Å². The normalized spacial score (nSPS) is 20.0. The smallest absolute Gasteiger partial charge is 0.242 e. The highest BCUT2D eigenvalue weighted by molar-refractivity contribution is 5.83. The Bertz CT molecular complexity index is 442. The van der Waals surface area contributed by atoms with Gasteiger partial charge < -0.3 is 15.3 Å². The highest BCUT2D eigenvalue weighted by Gasteiger charge is 2.29. The van der Waals surface area contributed by atoms with E-state index in [4.69, 9.17) is 0 Å². The van der Waals surface area contributed by atoms with E-state index in [9.17, 15) is 9.90 Å². The number of benzene rings is 1. The minimum Gasteiger partial charge on any atom is -0.392 e. The minimum absolute atomic E-state index is 0.0355. The van der Waals surface area contributed by atoms with Gasteiger partial charge in [-0.15, -0.1) is 0 Å². The van der Waals surface area contributed by atoms with E-state index in [1.165, 1.54) is 0 Å². The molecule has 0 radical (unpaired) electrons. The van der Waals surface area contributed by atoms with Crippen molar-refractivity contribution in [2.75, 3.05) is 39.8 Å². The van der Waals surface area contributed by atoms with Crippen LogP contribution in [0.25, 0.3) is 0 Å². The van der Waals surface area contributed by atoms with Gasteiger partial charge in [-0.3, -0.25) is 9.69 Å². The quantitative estimate of drug-likeness (QED) is 0.828. The highest BCUT2D eigenvalue weighted by atomic mass is 16.3. The fourth-order valence-electron chi connectivity index (χ4n) is 2.59. The van der Waals surface area contributed by atoms with Gasteiger partial charge in [0.15, 0.2) is 0 Å². The first kappa shape index (κ1) is 15.9. The van der Waals surface area contributed by atoms with Gasteiger partial charge in [-0.2, -0.15) is 0 Å². The second-order valence-electron chi connectivity index (χ2n) is 5.75. The SMILES string of the molecule is CC(O)CNC(=O)C(c1ccccc1)N1CCN(C)CC1. The summed E-state index contributed by atoms with van der Waals surface area (Å²) < 4.78 is 0. The Morgan fingerprint density at radius 1 is 1.24 bits per heavy atom. The van der Waals surface area contributed by atoms with Crippen LogP contribution in [0.5, 0.6) is 0 Å². The van der Waals surface area contributed by atoms with Crippen molar-refractivity contribution in [1.82, 2.24) is 15.1 Å². The van der Waals surface area contributed by atoms with Crippen molar-refractivity contribution in [3.05, 3.63) is 35.9 Å². The average molecular weight is 291 g/mol. The van der Waals surface area contributed by atoms with Crippen molar-refractivity contribution in [2.24, 2.45) is 0 Å². The van der Waals surface area contributed by atoms with Crippen LogP contribution in [0.15, 0.2) is 30.3 Å². The molecule has 1 saturated heterocycles. The van der Waals surface area contributed by atoms with E-state index in [-0.39, 0.29) is 18.5 Å². The molecular weight excluding hydrogens is 266 g/mol. The standard InChI is InChI=1S/C16H25N3O2/c1-13(20)12-17-16(21)15(14-6-4-3-5-7-14)19-10-8-18(2)9-11-19/h3-7,13,15,20H,8-12H2,1-2H3,(H,17,21). The van der Waals surface area contributed by atoms with Crippen LogP contribution in [-0.4, -0.2) is 66.7 Å². The third-order valence-electron chi connectivity index (χ3n) is 3.84. The van der Waals surface area contributed by atoms with E-state index in [1.54, 1.807) is 6.92 Å². The molecule has 2 N–H and O–H groups in total. The number of piperazine rings is 1. The van der Waals surface area contributed by atoms with E-state index in [0.717, 1.165) is 31.7 Å². The molecule has 2 rings (SSSR count). The number of hydrogen-bond donors (Lipinski definition) is 2. The lowest BCUT2D eigenvalue weighted by Gasteiger charge is -2.37. The molecule has 2 unspecified atom stereocenters. The van der Waals surface area contributed by atoms with Crippen molar-refractivity contribution >= 4 is 5.91 Å². The number of rotatable bonds is 5. The molecule has 0 saturated carbocycles. The molecule has 0 aromatic heterocycles. The molecular formula is C16H25N3O2. The van der Waals surface area contributed by atoms with Crippen LogP contribution in [0, 0.1) is 0 Å². The van der Waals surface area contributed by atoms with Crippen LogP contribution in [0.4, 0.5) is 0 Å². The number of aliphatic hydroxyl groups excluding tert-OH is 1. The third-order valence-corrected chi connectivity index (χ3v) is 3.84. The molecule has 0 bridgehead atoms. The van der Waals surface area contributed by atoms with Crippen LogP contribution >= 0.6 is 0 Å². The number of carbonyl (C=O) groups is 1. The van der Waals surface area contributed by atoms with Gasteiger partial charge in [-0.05, 0) is 19.5 Å². The number of amides is 1. The molecule has 1 aliphatic heterocycles. The van der Waals surface area contributed by atoms with Gasteiger partial charge in [0.1, 0.15) is 6.04 Å². The molecule has 1 aromatic rings. The van der Waals surface area contributed by atoms with Crippen LogP contribution in [0.1, 0.15) is 18.5 Å². The van der Waals surface area contributed by atoms with Gasteiger partial charge in [0.05, 0.1) is 6.10 Å². The number of hydrogen-bond acceptors (Lipinski definition) is 4. The number of carbonyl (C=O) groups excluding carboxylic acids is 1. The lowest BCUT2D eigenvalue weighted by Crippen LogP contribution is -2.50. The number of nitrogens with zero attached hydrogens (tertiary/aromatic N) is 2. The molecule has 1 amide bonds. The van der Waals surface area contributed by atoms with Gasteiger partial charge in [0.2, 0.25) is 5.91 Å². The summed E-state index contributed by atoms with van der Waals surface area (Å²) in [5.74, 6) is -0.0355. The van der Waals surface area contributed by atoms with Crippen LogP contribution in [0.3, 0.4) is 0 Å². The Morgan fingerprint density at radius 3 is 2.43 bits per heavy atom. The Kier molecular flexibility index (Phi) is 5.73.